The Balaban J connectivity index is 2.49. The zero-order valence-corrected chi connectivity index (χ0v) is 10.5. The van der Waals surface area contributed by atoms with Crippen LogP contribution in [0.3, 0.4) is 0 Å². The van der Waals surface area contributed by atoms with Crippen LogP contribution >= 0.6 is 11.6 Å². The van der Waals surface area contributed by atoms with E-state index in [4.69, 9.17) is 16.3 Å². The van der Waals surface area contributed by atoms with Gasteiger partial charge in [0.2, 0.25) is 10.0 Å². The molecule has 0 radical (unpaired) electrons. The minimum atomic E-state index is -3.32. The monoisotopic (exact) mass is 263 g/mol. The van der Waals surface area contributed by atoms with Crippen LogP contribution in [0.2, 0.25) is 0 Å². The number of hydrogen-bond donors (Lipinski definition) is 1. The van der Waals surface area contributed by atoms with E-state index in [1.54, 1.807) is 7.11 Å². The zero-order chi connectivity index (χ0) is 12.0. The molecule has 4 nitrogen and oxygen atoms in total. The quantitative estimate of drug-likeness (QED) is 0.789. The maximum absolute atomic E-state index is 11.0. The van der Waals surface area contributed by atoms with Gasteiger partial charge in [-0.25, -0.2) is 13.1 Å². The van der Waals surface area contributed by atoms with E-state index >= 15 is 0 Å². The maximum Gasteiger partial charge on any atom is 0.225 e. The van der Waals surface area contributed by atoms with Crippen molar-refractivity contribution >= 4 is 21.6 Å². The Morgan fingerprint density at radius 2 is 2.19 bits per heavy atom. The van der Waals surface area contributed by atoms with Crippen LogP contribution in [0.1, 0.15) is 5.56 Å². The Bertz CT molecular complexity index is 433. The summed E-state index contributed by atoms with van der Waals surface area (Å²) in [5, 5.41) is -0.412. The zero-order valence-electron chi connectivity index (χ0n) is 8.94. The average Bonchev–Trinajstić information content (AvgIpc) is 2.29. The number of nitrogens with one attached hydrogen (secondary N) is 1. The van der Waals surface area contributed by atoms with Gasteiger partial charge in [-0.15, -0.1) is 11.6 Å². The minimum absolute atomic E-state index is 0.336. The smallest absolute Gasteiger partial charge is 0.225 e. The maximum atomic E-state index is 11.0. The average molecular weight is 264 g/mol. The lowest BCUT2D eigenvalue weighted by atomic mass is 10.1. The molecule has 0 saturated heterocycles. The third-order valence-electron chi connectivity index (χ3n) is 2.01. The molecule has 0 atom stereocenters. The van der Waals surface area contributed by atoms with Crippen molar-refractivity contribution in [3.63, 3.8) is 0 Å². The summed E-state index contributed by atoms with van der Waals surface area (Å²) in [6, 6.07) is 7.49. The van der Waals surface area contributed by atoms with Crippen LogP contribution in [-0.2, 0) is 16.4 Å². The first kappa shape index (κ1) is 13.3. The Morgan fingerprint density at radius 1 is 1.44 bits per heavy atom. The van der Waals surface area contributed by atoms with E-state index in [-0.39, 0.29) is 0 Å². The van der Waals surface area contributed by atoms with Gasteiger partial charge in [-0.05, 0) is 24.1 Å². The SMILES string of the molecule is COc1cccc(CCNS(=O)(=O)CCl)c1. The van der Waals surface area contributed by atoms with Crippen molar-refractivity contribution in [3.8, 4) is 5.75 Å². The molecule has 0 aliphatic rings. The van der Waals surface area contributed by atoms with Crippen LogP contribution in [0.4, 0.5) is 0 Å². The van der Waals surface area contributed by atoms with E-state index in [1.165, 1.54) is 0 Å². The lowest BCUT2D eigenvalue weighted by Gasteiger charge is -2.05. The normalized spacial score (nSPS) is 11.4. The van der Waals surface area contributed by atoms with Crippen molar-refractivity contribution in [2.75, 3.05) is 18.9 Å². The molecule has 1 rings (SSSR count). The summed E-state index contributed by atoms with van der Waals surface area (Å²) in [5.74, 6) is 0.762. The molecule has 1 aromatic carbocycles. The van der Waals surface area contributed by atoms with Crippen LogP contribution < -0.4 is 9.46 Å². The van der Waals surface area contributed by atoms with Gasteiger partial charge >= 0.3 is 0 Å². The molecule has 0 saturated carbocycles. The second kappa shape index (κ2) is 6.08. The van der Waals surface area contributed by atoms with Gasteiger partial charge in [-0.1, -0.05) is 12.1 Å². The van der Waals surface area contributed by atoms with Gasteiger partial charge in [0.15, 0.2) is 0 Å². The van der Waals surface area contributed by atoms with Gasteiger partial charge in [-0.3, -0.25) is 0 Å². The van der Waals surface area contributed by atoms with E-state index in [1.807, 2.05) is 24.3 Å². The predicted octanol–water partition coefficient (Wildman–Crippen LogP) is 1.35. The number of methoxy groups -OCH3 is 1. The van der Waals surface area contributed by atoms with Gasteiger partial charge in [0.05, 0.1) is 7.11 Å². The molecule has 0 aromatic heterocycles. The first-order valence-electron chi connectivity index (χ1n) is 4.73. The molecule has 16 heavy (non-hydrogen) atoms. The number of hydrogen-bond acceptors (Lipinski definition) is 3. The van der Waals surface area contributed by atoms with Gasteiger partial charge in [0, 0.05) is 6.54 Å². The van der Waals surface area contributed by atoms with Crippen molar-refractivity contribution in [2.45, 2.75) is 6.42 Å². The molecule has 0 bridgehead atoms. The summed E-state index contributed by atoms with van der Waals surface area (Å²) in [5.41, 5.74) is 1.01. The molecule has 0 aliphatic carbocycles. The second-order valence-corrected chi connectivity index (χ2v) is 5.61. The Labute approximate surface area is 101 Å². The Hall–Kier alpha value is -0.780. The fourth-order valence-corrected chi connectivity index (χ4v) is 1.94. The molecule has 1 aromatic rings. The summed E-state index contributed by atoms with van der Waals surface area (Å²) in [7, 11) is -1.73. The van der Waals surface area contributed by atoms with E-state index in [9.17, 15) is 8.42 Å². The third-order valence-corrected chi connectivity index (χ3v) is 3.81. The molecule has 0 amide bonds. The fourth-order valence-electron chi connectivity index (χ4n) is 1.22. The second-order valence-electron chi connectivity index (χ2n) is 3.22. The lowest BCUT2D eigenvalue weighted by Crippen LogP contribution is -2.26. The van der Waals surface area contributed by atoms with E-state index < -0.39 is 15.2 Å². The van der Waals surface area contributed by atoms with Crippen LogP contribution in [0, 0.1) is 0 Å². The van der Waals surface area contributed by atoms with Gasteiger partial charge < -0.3 is 4.74 Å². The first-order chi connectivity index (χ1) is 7.57. The largest absolute Gasteiger partial charge is 0.497 e. The van der Waals surface area contributed by atoms with Crippen LogP contribution in [0.25, 0.3) is 0 Å². The summed E-state index contributed by atoms with van der Waals surface area (Å²) in [4.78, 5) is 0. The summed E-state index contributed by atoms with van der Waals surface area (Å²) >= 11 is 5.25. The van der Waals surface area contributed by atoms with Gasteiger partial charge in [-0.2, -0.15) is 0 Å². The topological polar surface area (TPSA) is 55.4 Å². The predicted molar refractivity (Wildman–Crippen MR) is 64.3 cm³/mol. The lowest BCUT2D eigenvalue weighted by molar-refractivity contribution is 0.414. The first-order valence-corrected chi connectivity index (χ1v) is 6.92. The number of benzene rings is 1. The summed E-state index contributed by atoms with van der Waals surface area (Å²) in [6.07, 6.45) is 0.604. The number of alkyl halides is 1. The van der Waals surface area contributed by atoms with Crippen molar-refractivity contribution in [2.24, 2.45) is 0 Å². The number of sulfonamides is 1. The third kappa shape index (κ3) is 4.38. The van der Waals surface area contributed by atoms with E-state index in [2.05, 4.69) is 4.72 Å². The number of ether oxygens (including phenoxy) is 1. The van der Waals surface area contributed by atoms with Crippen molar-refractivity contribution in [1.29, 1.82) is 0 Å². The minimum Gasteiger partial charge on any atom is -0.497 e. The Morgan fingerprint density at radius 3 is 2.81 bits per heavy atom. The highest BCUT2D eigenvalue weighted by atomic mass is 35.5. The molecule has 0 aliphatic heterocycles. The highest BCUT2D eigenvalue weighted by Gasteiger charge is 2.06. The van der Waals surface area contributed by atoms with Gasteiger partial charge in [0.25, 0.3) is 0 Å². The molecule has 6 heteroatoms. The number of rotatable bonds is 6. The molecular weight excluding hydrogens is 250 g/mol. The molecule has 0 spiro atoms. The van der Waals surface area contributed by atoms with Crippen LogP contribution in [0.15, 0.2) is 24.3 Å². The van der Waals surface area contributed by atoms with E-state index in [0.717, 1.165) is 11.3 Å². The molecular formula is C10H14ClNO3S. The summed E-state index contributed by atoms with van der Waals surface area (Å²) in [6.45, 7) is 0.336. The highest BCUT2D eigenvalue weighted by molar-refractivity contribution is 7.90. The number of halogens is 1. The molecule has 0 heterocycles. The van der Waals surface area contributed by atoms with Crippen LogP contribution in [0.5, 0.6) is 5.75 Å². The highest BCUT2D eigenvalue weighted by Crippen LogP contribution is 2.12. The van der Waals surface area contributed by atoms with Gasteiger partial charge in [0.1, 0.15) is 11.0 Å². The molecule has 0 unspecified atom stereocenters. The van der Waals surface area contributed by atoms with E-state index in [0.29, 0.717) is 13.0 Å². The van der Waals surface area contributed by atoms with Crippen LogP contribution in [-0.4, -0.2) is 27.3 Å². The molecule has 0 fully saturated rings. The fraction of sp³-hybridized carbons (Fsp3) is 0.400. The Kier molecular flexibility index (Phi) is 5.05. The molecule has 1 N–H and O–H groups in total. The van der Waals surface area contributed by atoms with Crippen molar-refractivity contribution in [1.82, 2.24) is 4.72 Å². The molecule has 90 valence electrons. The standard InChI is InChI=1S/C10H14ClNO3S/c1-15-10-4-2-3-9(7-10)5-6-12-16(13,14)8-11/h2-4,7,12H,5-6,8H2,1H3. The summed E-state index contributed by atoms with van der Waals surface area (Å²) < 4.78 is 29.5. The van der Waals surface area contributed by atoms with Crippen molar-refractivity contribution in [3.05, 3.63) is 29.8 Å². The van der Waals surface area contributed by atoms with Crippen molar-refractivity contribution < 1.29 is 13.2 Å².